The molecule has 49 heavy (non-hydrogen) atoms. The summed E-state index contributed by atoms with van der Waals surface area (Å²) in [7, 11) is 0. The number of rotatable bonds is 4. The van der Waals surface area contributed by atoms with Crippen LogP contribution in [0.15, 0.2) is 186 Å². The molecule has 0 bridgehead atoms. The second kappa shape index (κ2) is 11.1. The molecule has 0 N–H and O–H groups in total. The molecular formula is C48H30O. The fraction of sp³-hybridized carbons (Fsp3) is 0. The highest BCUT2D eigenvalue weighted by Gasteiger charge is 2.19. The van der Waals surface area contributed by atoms with Gasteiger partial charge in [-0.1, -0.05) is 152 Å². The largest absolute Gasteiger partial charge is 0.456 e. The molecule has 9 aromatic carbocycles. The molecule has 0 aliphatic heterocycles. The van der Waals surface area contributed by atoms with E-state index in [1.54, 1.807) is 0 Å². The summed E-state index contributed by atoms with van der Waals surface area (Å²) in [6, 6.07) is 50.6. The molecular weight excluding hydrogens is 593 g/mol. The van der Waals surface area contributed by atoms with Crippen molar-refractivity contribution in [2.75, 3.05) is 0 Å². The summed E-state index contributed by atoms with van der Waals surface area (Å²) in [6.07, 6.45) is 0. The molecule has 0 saturated heterocycles. The van der Waals surface area contributed by atoms with Crippen molar-refractivity contribution in [2.45, 2.75) is 0 Å². The van der Waals surface area contributed by atoms with E-state index >= 15 is 0 Å². The van der Waals surface area contributed by atoms with Gasteiger partial charge in [0.15, 0.2) is 0 Å². The summed E-state index contributed by atoms with van der Waals surface area (Å²) < 4.78 is 49.1. The van der Waals surface area contributed by atoms with Crippen LogP contribution >= 0.6 is 0 Å². The second-order valence-corrected chi connectivity index (χ2v) is 12.5. The molecule has 1 aromatic heterocycles. The highest BCUT2D eigenvalue weighted by molar-refractivity contribution is 6.23. The molecule has 10 rings (SSSR count). The Balaban J connectivity index is 1.22. The maximum absolute atomic E-state index is 8.83. The van der Waals surface area contributed by atoms with E-state index in [0.29, 0.717) is 5.56 Å². The molecule has 10 aromatic rings. The molecule has 0 spiro atoms. The van der Waals surface area contributed by atoms with Crippen LogP contribution in [-0.2, 0) is 0 Å². The minimum absolute atomic E-state index is 0.189. The Hall–Kier alpha value is -6.44. The molecule has 0 unspecified atom stereocenters. The standard InChI is InChI=1S/C48H30O/c1-3-13-31(14-4-1)33-23-24-34-30-46-44(29-36(34)27-33)43-28-35(25-26-45(43)49-46)47-39-19-9-11-21-41(39)48(42-22-12-10-20-40(42)47)38-18-8-7-17-37(38)32-15-5-2-6-16-32/h1-30H/i2D,5D,6D,15D,16D. The zero-order valence-corrected chi connectivity index (χ0v) is 26.3. The monoisotopic (exact) mass is 627 g/mol. The molecule has 1 heterocycles. The number of fused-ring (bicyclic) bond motifs is 6. The first kappa shape index (κ1) is 23.0. The van der Waals surface area contributed by atoms with Crippen molar-refractivity contribution in [3.05, 3.63) is 182 Å². The first-order valence-electron chi connectivity index (χ1n) is 18.9. The van der Waals surface area contributed by atoms with Gasteiger partial charge in [-0.15, -0.1) is 0 Å². The predicted octanol–water partition coefficient (Wildman–Crippen LogP) is 13.7. The quantitative estimate of drug-likeness (QED) is 0.177. The van der Waals surface area contributed by atoms with Crippen molar-refractivity contribution in [1.82, 2.24) is 0 Å². The van der Waals surface area contributed by atoms with Gasteiger partial charge >= 0.3 is 0 Å². The smallest absolute Gasteiger partial charge is 0.136 e. The van der Waals surface area contributed by atoms with E-state index in [2.05, 4.69) is 97.1 Å². The van der Waals surface area contributed by atoms with Crippen molar-refractivity contribution in [1.29, 1.82) is 0 Å². The van der Waals surface area contributed by atoms with Crippen LogP contribution in [0, 0.1) is 0 Å². The molecule has 1 nitrogen and oxygen atoms in total. The third-order valence-electron chi connectivity index (χ3n) is 9.72. The number of hydrogen-bond acceptors (Lipinski definition) is 1. The lowest BCUT2D eigenvalue weighted by atomic mass is 9.83. The Bertz CT molecular complexity index is 3080. The molecule has 0 radical (unpaired) electrons. The zero-order valence-electron chi connectivity index (χ0n) is 31.3. The van der Waals surface area contributed by atoms with Crippen molar-refractivity contribution in [2.24, 2.45) is 0 Å². The van der Waals surface area contributed by atoms with Gasteiger partial charge in [0.2, 0.25) is 0 Å². The fourth-order valence-electron chi connectivity index (χ4n) is 7.52. The van der Waals surface area contributed by atoms with Gasteiger partial charge in [-0.25, -0.2) is 0 Å². The van der Waals surface area contributed by atoms with Crippen molar-refractivity contribution >= 4 is 54.3 Å². The van der Waals surface area contributed by atoms with E-state index in [4.69, 9.17) is 11.3 Å². The van der Waals surface area contributed by atoms with Crippen LogP contribution in [0.4, 0.5) is 0 Å². The number of furan rings is 1. The lowest BCUT2D eigenvalue weighted by Gasteiger charge is -2.19. The first-order chi connectivity index (χ1) is 26.4. The average Bonchev–Trinajstić information content (AvgIpc) is 3.57. The van der Waals surface area contributed by atoms with Crippen molar-refractivity contribution < 1.29 is 11.3 Å². The molecule has 0 saturated carbocycles. The summed E-state index contributed by atoms with van der Waals surface area (Å²) in [5.41, 5.74) is 8.69. The average molecular weight is 628 g/mol. The van der Waals surface area contributed by atoms with Crippen LogP contribution < -0.4 is 0 Å². The van der Waals surface area contributed by atoms with E-state index < -0.39 is 6.04 Å². The van der Waals surface area contributed by atoms with Crippen LogP contribution in [0.2, 0.25) is 0 Å². The Morgan fingerprint density at radius 2 is 0.959 bits per heavy atom. The summed E-state index contributed by atoms with van der Waals surface area (Å²) >= 11 is 0. The normalized spacial score (nSPS) is 13.1. The van der Waals surface area contributed by atoms with Gasteiger partial charge < -0.3 is 4.42 Å². The van der Waals surface area contributed by atoms with Crippen molar-refractivity contribution in [3.63, 3.8) is 0 Å². The van der Waals surface area contributed by atoms with Gasteiger partial charge in [-0.3, -0.25) is 0 Å². The Labute approximate surface area is 291 Å². The first-order valence-corrected chi connectivity index (χ1v) is 16.4. The molecule has 228 valence electrons. The lowest BCUT2D eigenvalue weighted by molar-refractivity contribution is 0.669. The molecule has 0 aliphatic carbocycles. The fourth-order valence-corrected chi connectivity index (χ4v) is 7.52. The van der Waals surface area contributed by atoms with E-state index in [1.165, 1.54) is 11.1 Å². The molecule has 1 heteroatoms. The van der Waals surface area contributed by atoms with Gasteiger partial charge in [0.25, 0.3) is 0 Å². The maximum Gasteiger partial charge on any atom is 0.136 e. The number of hydrogen-bond donors (Lipinski definition) is 0. The number of benzene rings is 9. The van der Waals surface area contributed by atoms with E-state index in [-0.39, 0.29) is 29.7 Å². The molecule has 0 amide bonds. The topological polar surface area (TPSA) is 13.1 Å². The second-order valence-electron chi connectivity index (χ2n) is 12.5. The van der Waals surface area contributed by atoms with Crippen LogP contribution in [-0.4, -0.2) is 0 Å². The van der Waals surface area contributed by atoms with Gasteiger partial charge in [0.1, 0.15) is 11.2 Å². The van der Waals surface area contributed by atoms with Gasteiger partial charge in [0.05, 0.1) is 6.85 Å². The summed E-state index contributed by atoms with van der Waals surface area (Å²) in [4.78, 5) is 0. The van der Waals surface area contributed by atoms with E-state index in [1.807, 2.05) is 54.6 Å². The van der Waals surface area contributed by atoms with Crippen LogP contribution in [0.1, 0.15) is 6.85 Å². The summed E-state index contributed by atoms with van der Waals surface area (Å²) in [5, 5.41) is 8.47. The Kier molecular flexibility index (Phi) is 5.20. The predicted molar refractivity (Wildman–Crippen MR) is 208 cm³/mol. The molecule has 0 atom stereocenters. The van der Waals surface area contributed by atoms with Crippen molar-refractivity contribution in [3.8, 4) is 44.5 Å². The third-order valence-corrected chi connectivity index (χ3v) is 9.72. The molecule has 0 aliphatic rings. The van der Waals surface area contributed by atoms with Crippen LogP contribution in [0.3, 0.4) is 0 Å². The Morgan fingerprint density at radius 3 is 1.69 bits per heavy atom. The molecule has 0 fully saturated rings. The van der Waals surface area contributed by atoms with Crippen LogP contribution in [0.5, 0.6) is 0 Å². The SMILES string of the molecule is [2H]c1c([2H])c([2H])c(-c2ccccc2-c2c3ccccc3c(-c3ccc4oc5cc6ccc(-c7ccccc7)cc6cc5c4c3)c3ccccc23)c([2H])c1[2H]. The minimum atomic E-state index is -0.404. The van der Waals surface area contributed by atoms with Gasteiger partial charge in [0, 0.05) is 10.8 Å². The Morgan fingerprint density at radius 1 is 0.347 bits per heavy atom. The highest BCUT2D eigenvalue weighted by Crippen LogP contribution is 2.47. The minimum Gasteiger partial charge on any atom is -0.456 e. The highest BCUT2D eigenvalue weighted by atomic mass is 16.3. The van der Waals surface area contributed by atoms with Crippen LogP contribution in [0.25, 0.3) is 98.8 Å². The van der Waals surface area contributed by atoms with Gasteiger partial charge in [-0.2, -0.15) is 0 Å². The maximum atomic E-state index is 8.83. The lowest BCUT2D eigenvalue weighted by Crippen LogP contribution is -1.92. The summed E-state index contributed by atoms with van der Waals surface area (Å²) in [6.45, 7) is 0. The zero-order chi connectivity index (χ0) is 36.7. The third kappa shape index (κ3) is 4.47. The van der Waals surface area contributed by atoms with Gasteiger partial charge in [-0.05, 0) is 107 Å². The van der Waals surface area contributed by atoms with E-state index in [0.717, 1.165) is 76.5 Å². The summed E-state index contributed by atoms with van der Waals surface area (Å²) in [5.74, 6) is 0. The van der Waals surface area contributed by atoms with E-state index in [9.17, 15) is 0 Å².